The summed E-state index contributed by atoms with van der Waals surface area (Å²) >= 11 is 16.6. The van der Waals surface area contributed by atoms with Gasteiger partial charge in [-0.1, -0.05) is 28.3 Å². The van der Waals surface area contributed by atoms with Gasteiger partial charge >= 0.3 is 0 Å². The van der Waals surface area contributed by atoms with E-state index < -0.39 is 5.91 Å². The van der Waals surface area contributed by atoms with Crippen molar-refractivity contribution in [3.63, 3.8) is 0 Å². The van der Waals surface area contributed by atoms with Crippen LogP contribution in [-0.4, -0.2) is 31.2 Å². The van der Waals surface area contributed by atoms with Crippen LogP contribution < -0.4 is 10.6 Å². The normalized spacial score (nSPS) is 10.2. The van der Waals surface area contributed by atoms with Crippen LogP contribution >= 0.6 is 35.4 Å². The summed E-state index contributed by atoms with van der Waals surface area (Å²) in [6.07, 6.45) is 0. The summed E-state index contributed by atoms with van der Waals surface area (Å²) in [7, 11) is 1.60. The van der Waals surface area contributed by atoms with E-state index >= 15 is 0 Å². The van der Waals surface area contributed by atoms with Crippen LogP contribution in [0.4, 0.5) is 5.95 Å². The number of anilines is 1. The van der Waals surface area contributed by atoms with Crippen molar-refractivity contribution < 1.29 is 4.79 Å². The Morgan fingerprint density at radius 1 is 1.40 bits per heavy atom. The van der Waals surface area contributed by atoms with E-state index in [0.717, 1.165) is 0 Å². The molecule has 0 unspecified atom stereocenters. The van der Waals surface area contributed by atoms with E-state index in [4.69, 9.17) is 35.4 Å². The number of carbonyl (C=O) groups excluding carboxylic acids is 1. The zero-order valence-electron chi connectivity index (χ0n) is 10.1. The number of halogens is 2. The number of aromatic nitrogens is 4. The monoisotopic (exact) mass is 330 g/mol. The van der Waals surface area contributed by atoms with Crippen molar-refractivity contribution in [1.82, 2.24) is 25.5 Å². The minimum absolute atomic E-state index is 0.0361. The maximum Gasteiger partial charge on any atom is 0.269 e. The third-order valence-corrected chi connectivity index (χ3v) is 2.89. The third-order valence-electron chi connectivity index (χ3n) is 2.14. The van der Waals surface area contributed by atoms with E-state index in [2.05, 4.69) is 26.0 Å². The lowest BCUT2D eigenvalue weighted by atomic mass is 10.2. The highest BCUT2D eigenvalue weighted by Crippen LogP contribution is 2.20. The van der Waals surface area contributed by atoms with Crippen LogP contribution in [0.1, 0.15) is 10.4 Å². The first-order valence-corrected chi connectivity index (χ1v) is 6.43. The van der Waals surface area contributed by atoms with E-state index in [9.17, 15) is 4.79 Å². The third kappa shape index (κ3) is 3.62. The maximum absolute atomic E-state index is 12.0. The van der Waals surface area contributed by atoms with Crippen LogP contribution in [0.15, 0.2) is 18.2 Å². The summed E-state index contributed by atoms with van der Waals surface area (Å²) in [5.41, 5.74) is 0.257. The fraction of sp³-hybridized carbons (Fsp3) is 0.100. The molecule has 0 fully saturated rings. The molecule has 20 heavy (non-hydrogen) atoms. The molecule has 7 nitrogen and oxygen atoms in total. The molecule has 2 rings (SSSR count). The van der Waals surface area contributed by atoms with Crippen molar-refractivity contribution in [1.29, 1.82) is 0 Å². The number of nitrogens with zero attached hydrogens (tertiary/aromatic N) is 4. The maximum atomic E-state index is 12.0. The van der Waals surface area contributed by atoms with Gasteiger partial charge in [-0.25, -0.2) is 0 Å². The summed E-state index contributed by atoms with van der Waals surface area (Å²) in [5.74, 6) is -0.284. The standard InChI is InChI=1S/C10H8Cl2N6OS/c1-18-16-9(15-17-18)14-10(20)13-8(19)6-3-2-5(11)4-7(6)12/h2-4H,1H3,(H2,13,14,16,19,20). The highest BCUT2D eigenvalue weighted by Gasteiger charge is 2.13. The lowest BCUT2D eigenvalue weighted by molar-refractivity contribution is 0.0978. The van der Waals surface area contributed by atoms with Crippen molar-refractivity contribution in [2.45, 2.75) is 0 Å². The van der Waals surface area contributed by atoms with Crippen LogP contribution in [-0.2, 0) is 7.05 Å². The fourth-order valence-corrected chi connectivity index (χ4v) is 1.99. The molecule has 10 heteroatoms. The molecule has 0 atom stereocenters. The van der Waals surface area contributed by atoms with Gasteiger partial charge in [-0.2, -0.15) is 4.80 Å². The number of thiocarbonyl (C=S) groups is 1. The number of benzene rings is 1. The molecule has 0 aliphatic rings. The van der Waals surface area contributed by atoms with Gasteiger partial charge in [0.15, 0.2) is 5.11 Å². The van der Waals surface area contributed by atoms with Crippen molar-refractivity contribution in [2.75, 3.05) is 5.32 Å². The molecule has 2 N–H and O–H groups in total. The lowest BCUT2D eigenvalue weighted by Gasteiger charge is -2.07. The van der Waals surface area contributed by atoms with E-state index in [1.807, 2.05) is 0 Å². The molecular weight excluding hydrogens is 323 g/mol. The summed E-state index contributed by atoms with van der Waals surface area (Å²) in [4.78, 5) is 13.2. The van der Waals surface area contributed by atoms with Crippen LogP contribution in [0.3, 0.4) is 0 Å². The Bertz CT molecular complexity index is 674. The molecule has 0 aliphatic carbocycles. The van der Waals surface area contributed by atoms with Crippen LogP contribution in [0.5, 0.6) is 0 Å². The number of nitrogens with one attached hydrogen (secondary N) is 2. The zero-order valence-corrected chi connectivity index (χ0v) is 12.4. The minimum atomic E-state index is -0.465. The molecule has 2 aromatic rings. The largest absolute Gasteiger partial charge is 0.299 e. The molecule has 1 aromatic heterocycles. The highest BCUT2D eigenvalue weighted by molar-refractivity contribution is 7.80. The van der Waals surface area contributed by atoms with Crippen LogP contribution in [0, 0.1) is 0 Å². The van der Waals surface area contributed by atoms with Gasteiger partial charge in [-0.05, 0) is 35.6 Å². The molecule has 0 aliphatic heterocycles. The Labute approximate surface area is 129 Å². The number of amides is 1. The fourth-order valence-electron chi connectivity index (χ4n) is 1.31. The Balaban J connectivity index is 2.02. The smallest absolute Gasteiger partial charge is 0.269 e. The first-order valence-electron chi connectivity index (χ1n) is 5.27. The Hall–Kier alpha value is -1.77. The Kier molecular flexibility index (Phi) is 4.48. The number of hydrogen-bond donors (Lipinski definition) is 2. The molecule has 1 amide bonds. The SMILES string of the molecule is Cn1nnc(NC(=S)NC(=O)c2ccc(Cl)cc2Cl)n1. The molecular formula is C10H8Cl2N6OS. The van der Waals surface area contributed by atoms with Gasteiger partial charge in [0.05, 0.1) is 17.6 Å². The van der Waals surface area contributed by atoms with Crippen LogP contribution in [0.2, 0.25) is 10.0 Å². The number of rotatable bonds is 2. The molecule has 1 aromatic carbocycles. The summed E-state index contributed by atoms with van der Waals surface area (Å²) in [6.45, 7) is 0. The van der Waals surface area contributed by atoms with Gasteiger partial charge in [-0.15, -0.1) is 5.10 Å². The number of carbonyl (C=O) groups is 1. The topological polar surface area (TPSA) is 84.7 Å². The number of hydrogen-bond acceptors (Lipinski definition) is 5. The predicted molar refractivity (Wildman–Crippen MR) is 78.9 cm³/mol. The van der Waals surface area contributed by atoms with Gasteiger partial charge in [0.25, 0.3) is 11.9 Å². The predicted octanol–water partition coefficient (Wildman–Crippen LogP) is 1.64. The van der Waals surface area contributed by atoms with Crippen LogP contribution in [0.25, 0.3) is 0 Å². The van der Waals surface area contributed by atoms with Gasteiger partial charge in [-0.3, -0.25) is 15.4 Å². The van der Waals surface area contributed by atoms with Crippen molar-refractivity contribution >= 4 is 52.4 Å². The Morgan fingerprint density at radius 3 is 2.75 bits per heavy atom. The van der Waals surface area contributed by atoms with Gasteiger partial charge in [0.2, 0.25) is 0 Å². The Morgan fingerprint density at radius 2 is 2.15 bits per heavy atom. The number of aryl methyl sites for hydroxylation is 1. The lowest BCUT2D eigenvalue weighted by Crippen LogP contribution is -2.34. The zero-order chi connectivity index (χ0) is 14.7. The summed E-state index contributed by atoms with van der Waals surface area (Å²) < 4.78 is 0. The molecule has 0 saturated carbocycles. The summed E-state index contributed by atoms with van der Waals surface area (Å²) in [6, 6.07) is 4.53. The van der Waals surface area contributed by atoms with Gasteiger partial charge in [0, 0.05) is 5.02 Å². The average Bonchev–Trinajstić information content (AvgIpc) is 2.74. The molecule has 0 saturated heterocycles. The van der Waals surface area contributed by atoms with E-state index in [0.29, 0.717) is 5.02 Å². The first kappa shape index (κ1) is 14.6. The molecule has 0 spiro atoms. The molecule has 0 radical (unpaired) electrons. The second kappa shape index (κ2) is 6.12. The molecule has 0 bridgehead atoms. The van der Waals surface area contributed by atoms with Crippen molar-refractivity contribution in [2.24, 2.45) is 7.05 Å². The minimum Gasteiger partial charge on any atom is -0.299 e. The van der Waals surface area contributed by atoms with E-state index in [1.54, 1.807) is 13.1 Å². The van der Waals surface area contributed by atoms with E-state index in [1.165, 1.54) is 16.9 Å². The average molecular weight is 331 g/mol. The highest BCUT2D eigenvalue weighted by atomic mass is 35.5. The van der Waals surface area contributed by atoms with Crippen molar-refractivity contribution in [3.8, 4) is 0 Å². The quantitative estimate of drug-likeness (QED) is 0.814. The second-order valence-corrected chi connectivity index (χ2v) is 4.89. The molecule has 104 valence electrons. The second-order valence-electron chi connectivity index (χ2n) is 3.63. The van der Waals surface area contributed by atoms with Gasteiger partial charge < -0.3 is 0 Å². The van der Waals surface area contributed by atoms with E-state index in [-0.39, 0.29) is 21.6 Å². The first-order chi connectivity index (χ1) is 9.45. The van der Waals surface area contributed by atoms with Gasteiger partial charge in [0.1, 0.15) is 0 Å². The van der Waals surface area contributed by atoms with Crippen molar-refractivity contribution in [3.05, 3.63) is 33.8 Å². The number of tetrazole rings is 1. The molecule has 1 heterocycles. The summed E-state index contributed by atoms with van der Waals surface area (Å²) in [5, 5.41) is 16.9.